The van der Waals surface area contributed by atoms with Crippen molar-refractivity contribution >= 4 is 23.2 Å². The molecule has 31 heavy (non-hydrogen) atoms. The number of hydrogen-bond donors (Lipinski definition) is 2. The maximum atomic E-state index is 12.8. The van der Waals surface area contributed by atoms with Crippen molar-refractivity contribution in [2.45, 2.75) is 31.5 Å². The van der Waals surface area contributed by atoms with Gasteiger partial charge in [-0.2, -0.15) is 0 Å². The molecule has 1 aromatic heterocycles. The highest BCUT2D eigenvalue weighted by Crippen LogP contribution is 2.26. The van der Waals surface area contributed by atoms with Crippen LogP contribution in [0, 0.1) is 0 Å². The molecule has 160 valence electrons. The minimum atomic E-state index is -0.147. The van der Waals surface area contributed by atoms with E-state index in [0.29, 0.717) is 24.7 Å². The fourth-order valence-electron chi connectivity index (χ4n) is 3.50. The minimum Gasteiger partial charge on any atom is -0.349 e. The van der Waals surface area contributed by atoms with E-state index < -0.39 is 0 Å². The number of carbonyl (C=O) groups is 2. The van der Waals surface area contributed by atoms with Gasteiger partial charge in [0.25, 0.3) is 5.91 Å². The minimum absolute atomic E-state index is 0.0117. The smallest absolute Gasteiger partial charge is 0.251 e. The third-order valence-electron chi connectivity index (χ3n) is 5.26. The van der Waals surface area contributed by atoms with E-state index in [1.54, 1.807) is 11.3 Å². The molecule has 1 unspecified atom stereocenters. The molecule has 1 aliphatic rings. The number of nitrogens with zero attached hydrogens (tertiary/aromatic N) is 1. The molecule has 1 atom stereocenters. The van der Waals surface area contributed by atoms with Gasteiger partial charge in [0.15, 0.2) is 0 Å². The molecule has 4 rings (SSSR count). The molecule has 3 aromatic rings. The number of benzene rings is 2. The van der Waals surface area contributed by atoms with Crippen molar-refractivity contribution in [3.8, 4) is 0 Å². The predicted molar refractivity (Wildman–Crippen MR) is 124 cm³/mol. The molecular weight excluding hydrogens is 406 g/mol. The van der Waals surface area contributed by atoms with Crippen molar-refractivity contribution in [2.75, 3.05) is 13.6 Å². The quantitative estimate of drug-likeness (QED) is 0.537. The second kappa shape index (κ2) is 9.90. The van der Waals surface area contributed by atoms with Crippen molar-refractivity contribution in [3.05, 3.63) is 93.7 Å². The maximum Gasteiger partial charge on any atom is 0.251 e. The monoisotopic (exact) mass is 433 g/mol. The van der Waals surface area contributed by atoms with E-state index in [1.807, 2.05) is 84.1 Å². The van der Waals surface area contributed by atoms with Gasteiger partial charge in [-0.05, 0) is 54.6 Å². The third kappa shape index (κ3) is 6.03. The van der Waals surface area contributed by atoms with Crippen molar-refractivity contribution in [1.82, 2.24) is 15.5 Å². The molecule has 2 aromatic carbocycles. The summed E-state index contributed by atoms with van der Waals surface area (Å²) in [5.41, 5.74) is 2.81. The highest BCUT2D eigenvalue weighted by molar-refractivity contribution is 7.10. The van der Waals surface area contributed by atoms with E-state index in [0.717, 1.165) is 28.8 Å². The number of amides is 2. The van der Waals surface area contributed by atoms with Crippen LogP contribution in [-0.4, -0.2) is 36.3 Å². The van der Waals surface area contributed by atoms with Gasteiger partial charge in [-0.1, -0.05) is 48.5 Å². The summed E-state index contributed by atoms with van der Waals surface area (Å²) >= 11 is 1.64. The summed E-state index contributed by atoms with van der Waals surface area (Å²) in [6.07, 6.45) is 2.16. The Hall–Kier alpha value is -2.96. The van der Waals surface area contributed by atoms with Crippen LogP contribution in [0.2, 0.25) is 0 Å². The van der Waals surface area contributed by atoms with Gasteiger partial charge in [-0.25, -0.2) is 0 Å². The van der Waals surface area contributed by atoms with Crippen LogP contribution in [0.15, 0.2) is 72.1 Å². The average Bonchev–Trinajstić information content (AvgIpc) is 3.42. The largest absolute Gasteiger partial charge is 0.349 e. The second-order valence-corrected chi connectivity index (χ2v) is 9.02. The number of rotatable bonds is 9. The molecule has 0 saturated heterocycles. The zero-order chi connectivity index (χ0) is 21.6. The van der Waals surface area contributed by atoms with Gasteiger partial charge >= 0.3 is 0 Å². The van der Waals surface area contributed by atoms with Crippen LogP contribution in [-0.2, 0) is 11.3 Å². The van der Waals surface area contributed by atoms with Crippen LogP contribution in [0.3, 0.4) is 0 Å². The van der Waals surface area contributed by atoms with Gasteiger partial charge < -0.3 is 10.6 Å². The zero-order valence-corrected chi connectivity index (χ0v) is 18.4. The van der Waals surface area contributed by atoms with Crippen molar-refractivity contribution in [3.63, 3.8) is 0 Å². The van der Waals surface area contributed by atoms with Crippen molar-refractivity contribution < 1.29 is 9.59 Å². The Bertz CT molecular complexity index is 999. The Labute approximate surface area is 187 Å². The first-order chi connectivity index (χ1) is 15.1. The summed E-state index contributed by atoms with van der Waals surface area (Å²) < 4.78 is 0. The van der Waals surface area contributed by atoms with Gasteiger partial charge in [-0.15, -0.1) is 11.3 Å². The lowest BCUT2D eigenvalue weighted by atomic mass is 10.1. The Morgan fingerprint density at radius 3 is 2.42 bits per heavy atom. The number of nitrogens with one attached hydrogen (secondary N) is 2. The average molecular weight is 434 g/mol. The second-order valence-electron chi connectivity index (χ2n) is 8.04. The normalized spacial score (nSPS) is 14.3. The van der Waals surface area contributed by atoms with Crippen LogP contribution >= 0.6 is 11.3 Å². The summed E-state index contributed by atoms with van der Waals surface area (Å²) in [6, 6.07) is 21.9. The molecule has 0 radical (unpaired) electrons. The van der Waals surface area contributed by atoms with E-state index in [1.165, 1.54) is 0 Å². The highest BCUT2D eigenvalue weighted by Gasteiger charge is 2.23. The number of thiophene rings is 1. The standard InChI is InChI=1S/C25H27N3O2S/c1-28(16-18-9-11-20(12-10-18)25(30)26-21-13-14-21)17-23(29)27-24(22-8-5-15-31-22)19-6-3-2-4-7-19/h2-12,15,21,24H,13-14,16-17H2,1H3,(H,26,30)(H,27,29). The molecule has 0 bridgehead atoms. The molecule has 2 N–H and O–H groups in total. The Morgan fingerprint density at radius 2 is 1.77 bits per heavy atom. The molecule has 1 heterocycles. The Kier molecular flexibility index (Phi) is 6.79. The fraction of sp³-hybridized carbons (Fsp3) is 0.280. The summed E-state index contributed by atoms with van der Waals surface area (Å²) in [6.45, 7) is 0.922. The lowest BCUT2D eigenvalue weighted by Crippen LogP contribution is -2.37. The molecule has 0 aliphatic heterocycles. The first-order valence-corrected chi connectivity index (χ1v) is 11.4. The molecule has 2 amide bonds. The van der Waals surface area contributed by atoms with Crippen molar-refractivity contribution in [1.29, 1.82) is 0 Å². The molecule has 0 spiro atoms. The first-order valence-electron chi connectivity index (χ1n) is 10.5. The summed E-state index contributed by atoms with van der Waals surface area (Å²) in [7, 11) is 1.93. The predicted octanol–water partition coefficient (Wildman–Crippen LogP) is 3.98. The van der Waals surface area contributed by atoms with Crippen LogP contribution in [0.4, 0.5) is 0 Å². The number of carbonyl (C=O) groups excluding carboxylic acids is 2. The van der Waals surface area contributed by atoms with Gasteiger partial charge in [0.2, 0.25) is 5.91 Å². The zero-order valence-electron chi connectivity index (χ0n) is 17.6. The van der Waals surface area contributed by atoms with E-state index >= 15 is 0 Å². The summed E-state index contributed by atoms with van der Waals surface area (Å²) in [5, 5.41) is 8.20. The molecular formula is C25H27N3O2S. The van der Waals surface area contributed by atoms with E-state index in [4.69, 9.17) is 0 Å². The fourth-order valence-corrected chi connectivity index (χ4v) is 4.30. The molecule has 5 nitrogen and oxygen atoms in total. The van der Waals surface area contributed by atoms with Gasteiger partial charge in [0.1, 0.15) is 0 Å². The molecule has 1 aliphatic carbocycles. The topological polar surface area (TPSA) is 61.4 Å². The lowest BCUT2D eigenvalue weighted by molar-refractivity contribution is -0.122. The maximum absolute atomic E-state index is 12.8. The van der Waals surface area contributed by atoms with E-state index in [9.17, 15) is 9.59 Å². The molecule has 1 saturated carbocycles. The lowest BCUT2D eigenvalue weighted by Gasteiger charge is -2.21. The van der Waals surface area contributed by atoms with Crippen LogP contribution < -0.4 is 10.6 Å². The number of hydrogen-bond acceptors (Lipinski definition) is 4. The van der Waals surface area contributed by atoms with E-state index in [2.05, 4.69) is 10.6 Å². The summed E-state index contributed by atoms with van der Waals surface area (Å²) in [4.78, 5) is 28.0. The Morgan fingerprint density at radius 1 is 1.03 bits per heavy atom. The van der Waals surface area contributed by atoms with Gasteiger partial charge in [-0.3, -0.25) is 14.5 Å². The Balaban J connectivity index is 1.32. The first kappa shape index (κ1) is 21.3. The van der Waals surface area contributed by atoms with E-state index in [-0.39, 0.29) is 17.9 Å². The van der Waals surface area contributed by atoms with Crippen LogP contribution in [0.25, 0.3) is 0 Å². The third-order valence-corrected chi connectivity index (χ3v) is 6.20. The molecule has 1 fully saturated rings. The van der Waals surface area contributed by atoms with Crippen molar-refractivity contribution in [2.24, 2.45) is 0 Å². The van der Waals surface area contributed by atoms with Gasteiger partial charge in [0, 0.05) is 23.0 Å². The van der Waals surface area contributed by atoms with Gasteiger partial charge in [0.05, 0.1) is 12.6 Å². The SMILES string of the molecule is CN(CC(=O)NC(c1ccccc1)c1cccs1)Cc1ccc(C(=O)NC2CC2)cc1. The number of likely N-dealkylation sites (N-methyl/N-ethyl adjacent to an activating group) is 1. The molecule has 6 heteroatoms. The van der Waals surface area contributed by atoms with Crippen LogP contribution in [0.5, 0.6) is 0 Å². The van der Waals surface area contributed by atoms with Crippen LogP contribution in [0.1, 0.15) is 45.2 Å². The summed E-state index contributed by atoms with van der Waals surface area (Å²) in [5.74, 6) is -0.0347. The highest BCUT2D eigenvalue weighted by atomic mass is 32.1.